The van der Waals surface area contributed by atoms with Crippen LogP contribution < -0.4 is 15.0 Å². The molecule has 0 amide bonds. The Labute approximate surface area is 132 Å². The van der Waals surface area contributed by atoms with Gasteiger partial charge in [-0.05, 0) is 18.6 Å². The number of benzene rings is 1. The molecule has 7 heteroatoms. The maximum Gasteiger partial charge on any atom is 0.323 e. The second-order valence-electron chi connectivity index (χ2n) is 5.09. The van der Waals surface area contributed by atoms with Crippen LogP contribution in [0.4, 0.5) is 0 Å². The molecule has 0 fully saturated rings. The number of phenols is 1. The van der Waals surface area contributed by atoms with E-state index in [0.717, 1.165) is 6.42 Å². The number of nitrogens with zero attached hydrogens (tertiary/aromatic N) is 1. The zero-order valence-corrected chi connectivity index (χ0v) is 13.3. The Morgan fingerprint density at radius 1 is 1.22 bits per heavy atom. The molecule has 0 unspecified atom stereocenters. The van der Waals surface area contributed by atoms with Gasteiger partial charge < -0.3 is 24.3 Å². The number of phenolic OH excluding ortho intramolecular Hbond substituents is 1. The largest absolute Gasteiger partial charge is 0.502 e. The van der Waals surface area contributed by atoms with Gasteiger partial charge in [-0.3, -0.25) is 9.59 Å². The number of aliphatic carboxylic acids is 1. The van der Waals surface area contributed by atoms with Gasteiger partial charge in [0.15, 0.2) is 11.5 Å². The first kappa shape index (κ1) is 16.7. The fraction of sp³-hybridized carbons (Fsp3) is 0.375. The molecule has 2 aromatic rings. The number of fused-ring (bicyclic) bond motifs is 1. The monoisotopic (exact) mass is 321 g/mol. The minimum absolute atomic E-state index is 0.0940. The highest BCUT2D eigenvalue weighted by Crippen LogP contribution is 2.41. The van der Waals surface area contributed by atoms with Crippen molar-refractivity contribution in [1.82, 2.24) is 4.57 Å². The fourth-order valence-corrected chi connectivity index (χ4v) is 2.61. The molecule has 0 radical (unpaired) electrons. The Morgan fingerprint density at radius 3 is 2.43 bits per heavy atom. The Bertz CT molecular complexity index is 809. The number of hydrogen-bond acceptors (Lipinski definition) is 5. The Hall–Kier alpha value is -2.70. The second kappa shape index (κ2) is 6.60. The molecule has 1 heterocycles. The third-order valence-electron chi connectivity index (χ3n) is 3.62. The summed E-state index contributed by atoms with van der Waals surface area (Å²) in [5, 5.41) is 19.9. The van der Waals surface area contributed by atoms with Crippen molar-refractivity contribution in [2.75, 3.05) is 14.2 Å². The summed E-state index contributed by atoms with van der Waals surface area (Å²) in [4.78, 5) is 23.8. The number of hydrogen-bond donors (Lipinski definition) is 2. The van der Waals surface area contributed by atoms with Gasteiger partial charge in [-0.15, -0.1) is 0 Å². The molecule has 0 atom stereocenters. The standard InChI is InChI=1S/C16H19NO6/c1-4-5-9-6-10-11(16(21)17(9)8-13(18)19)7-12(22-2)14(20)15(10)23-3/h6-7,20H,4-5,8H2,1-3H3,(H,18,19). The third-order valence-corrected chi connectivity index (χ3v) is 3.62. The zero-order valence-electron chi connectivity index (χ0n) is 13.3. The van der Waals surface area contributed by atoms with E-state index in [0.29, 0.717) is 17.5 Å². The topological polar surface area (TPSA) is 98.0 Å². The Balaban J connectivity index is 2.90. The van der Waals surface area contributed by atoms with Crippen molar-refractivity contribution in [3.05, 3.63) is 28.2 Å². The molecule has 124 valence electrons. The molecule has 7 nitrogen and oxygen atoms in total. The average molecular weight is 321 g/mol. The van der Waals surface area contributed by atoms with E-state index in [9.17, 15) is 14.7 Å². The molecule has 0 aliphatic carbocycles. The summed E-state index contributed by atoms with van der Waals surface area (Å²) in [7, 11) is 2.75. The normalized spacial score (nSPS) is 10.7. The number of carboxylic acids is 1. The lowest BCUT2D eigenvalue weighted by atomic mass is 10.1. The van der Waals surface area contributed by atoms with Gasteiger partial charge >= 0.3 is 5.97 Å². The molecule has 0 saturated carbocycles. The van der Waals surface area contributed by atoms with E-state index in [2.05, 4.69) is 0 Å². The first-order valence-corrected chi connectivity index (χ1v) is 7.16. The van der Waals surface area contributed by atoms with Crippen molar-refractivity contribution in [1.29, 1.82) is 0 Å². The molecule has 1 aromatic carbocycles. The van der Waals surface area contributed by atoms with E-state index < -0.39 is 18.1 Å². The first-order chi connectivity index (χ1) is 10.9. The molecule has 0 bridgehead atoms. The van der Waals surface area contributed by atoms with Crippen LogP contribution in [0.15, 0.2) is 16.9 Å². The SMILES string of the molecule is CCCc1cc2c(OC)c(O)c(OC)cc2c(=O)n1CC(=O)O. The summed E-state index contributed by atoms with van der Waals surface area (Å²) < 4.78 is 11.5. The maximum atomic E-state index is 12.7. The van der Waals surface area contributed by atoms with Gasteiger partial charge in [0, 0.05) is 11.1 Å². The minimum atomic E-state index is -1.10. The van der Waals surface area contributed by atoms with Crippen LogP contribution in [-0.2, 0) is 17.8 Å². The first-order valence-electron chi connectivity index (χ1n) is 7.16. The lowest BCUT2D eigenvalue weighted by Gasteiger charge is -2.16. The predicted octanol–water partition coefficient (Wildman–Crippen LogP) is 1.76. The van der Waals surface area contributed by atoms with Crippen LogP contribution in [0.25, 0.3) is 10.8 Å². The van der Waals surface area contributed by atoms with Gasteiger partial charge in [0.1, 0.15) is 6.54 Å². The van der Waals surface area contributed by atoms with Gasteiger partial charge in [0.05, 0.1) is 19.6 Å². The number of carbonyl (C=O) groups is 1. The number of methoxy groups -OCH3 is 2. The minimum Gasteiger partial charge on any atom is -0.502 e. The van der Waals surface area contributed by atoms with Gasteiger partial charge in [-0.25, -0.2) is 0 Å². The van der Waals surface area contributed by atoms with E-state index in [1.807, 2.05) is 6.92 Å². The van der Waals surface area contributed by atoms with Crippen molar-refractivity contribution >= 4 is 16.7 Å². The number of aryl methyl sites for hydroxylation is 1. The Kier molecular flexibility index (Phi) is 4.78. The van der Waals surface area contributed by atoms with Crippen LogP contribution in [0, 0.1) is 0 Å². The highest BCUT2D eigenvalue weighted by molar-refractivity contribution is 5.92. The number of carboxylic acid groups (broad SMARTS) is 1. The smallest absolute Gasteiger partial charge is 0.323 e. The van der Waals surface area contributed by atoms with Crippen LogP contribution in [-0.4, -0.2) is 35.0 Å². The Morgan fingerprint density at radius 2 is 1.91 bits per heavy atom. The number of ether oxygens (including phenoxy) is 2. The van der Waals surface area contributed by atoms with Crippen LogP contribution in [0.5, 0.6) is 17.2 Å². The molecule has 0 aliphatic heterocycles. The van der Waals surface area contributed by atoms with E-state index in [1.54, 1.807) is 6.07 Å². The average Bonchev–Trinajstić information content (AvgIpc) is 2.51. The van der Waals surface area contributed by atoms with E-state index in [4.69, 9.17) is 14.6 Å². The van der Waals surface area contributed by atoms with Gasteiger partial charge in [0.25, 0.3) is 5.56 Å². The second-order valence-corrected chi connectivity index (χ2v) is 5.09. The molecule has 2 rings (SSSR count). The molecular formula is C16H19NO6. The van der Waals surface area contributed by atoms with E-state index in [1.165, 1.54) is 24.9 Å². The van der Waals surface area contributed by atoms with Crippen molar-refractivity contribution in [2.45, 2.75) is 26.3 Å². The van der Waals surface area contributed by atoms with Gasteiger partial charge in [-0.1, -0.05) is 13.3 Å². The van der Waals surface area contributed by atoms with Crippen LogP contribution in [0.3, 0.4) is 0 Å². The van der Waals surface area contributed by atoms with Crippen LogP contribution in [0.1, 0.15) is 19.0 Å². The van der Waals surface area contributed by atoms with Crippen LogP contribution in [0.2, 0.25) is 0 Å². The highest BCUT2D eigenvalue weighted by Gasteiger charge is 2.19. The number of rotatable bonds is 6. The lowest BCUT2D eigenvalue weighted by Crippen LogP contribution is -2.27. The zero-order chi connectivity index (χ0) is 17.1. The molecule has 1 aromatic heterocycles. The van der Waals surface area contributed by atoms with Crippen molar-refractivity contribution < 1.29 is 24.5 Å². The molecule has 2 N–H and O–H groups in total. The lowest BCUT2D eigenvalue weighted by molar-refractivity contribution is -0.137. The quantitative estimate of drug-likeness (QED) is 0.841. The van der Waals surface area contributed by atoms with Crippen molar-refractivity contribution in [3.63, 3.8) is 0 Å². The number of aromatic nitrogens is 1. The van der Waals surface area contributed by atoms with Gasteiger partial charge in [0.2, 0.25) is 5.75 Å². The summed E-state index contributed by atoms with van der Waals surface area (Å²) in [5.41, 5.74) is 0.125. The molecule has 23 heavy (non-hydrogen) atoms. The fourth-order valence-electron chi connectivity index (χ4n) is 2.61. The summed E-state index contributed by atoms with van der Waals surface area (Å²) in [6, 6.07) is 3.07. The summed E-state index contributed by atoms with van der Waals surface area (Å²) in [6.45, 7) is 1.51. The third kappa shape index (κ3) is 2.94. The van der Waals surface area contributed by atoms with Gasteiger partial charge in [-0.2, -0.15) is 0 Å². The highest BCUT2D eigenvalue weighted by atomic mass is 16.5. The number of pyridine rings is 1. The molecule has 0 spiro atoms. The maximum absolute atomic E-state index is 12.7. The summed E-state index contributed by atoms with van der Waals surface area (Å²) in [6.07, 6.45) is 1.28. The molecule has 0 aliphatic rings. The summed E-state index contributed by atoms with van der Waals surface area (Å²) in [5.74, 6) is -1.06. The van der Waals surface area contributed by atoms with Crippen molar-refractivity contribution in [3.8, 4) is 17.2 Å². The predicted molar refractivity (Wildman–Crippen MR) is 84.6 cm³/mol. The number of aromatic hydroxyl groups is 1. The summed E-state index contributed by atoms with van der Waals surface area (Å²) >= 11 is 0. The van der Waals surface area contributed by atoms with Crippen molar-refractivity contribution in [2.24, 2.45) is 0 Å². The van der Waals surface area contributed by atoms with Crippen LogP contribution >= 0.6 is 0 Å². The molecule has 0 saturated heterocycles. The molecular weight excluding hydrogens is 302 g/mol. The van der Waals surface area contributed by atoms with E-state index >= 15 is 0 Å². The van der Waals surface area contributed by atoms with E-state index in [-0.39, 0.29) is 22.6 Å².